The Bertz CT molecular complexity index is 1390. The number of amides is 2. The molecule has 0 heterocycles. The van der Waals surface area contributed by atoms with Crippen LogP contribution in [0.2, 0.25) is 5.02 Å². The van der Waals surface area contributed by atoms with Gasteiger partial charge >= 0.3 is 0 Å². The smallest absolute Gasteiger partial charge is 0.264 e. The molecule has 1 N–H and O–H groups in total. The molecule has 0 bridgehead atoms. The molecule has 0 saturated heterocycles. The molecule has 0 saturated carbocycles. The van der Waals surface area contributed by atoms with Crippen LogP contribution in [-0.4, -0.2) is 43.3 Å². The van der Waals surface area contributed by atoms with Crippen molar-refractivity contribution in [2.24, 2.45) is 0 Å². The molecule has 3 aromatic carbocycles. The third-order valence-electron chi connectivity index (χ3n) is 6.18. The molecule has 0 aromatic heterocycles. The molecule has 3 aromatic rings. The van der Waals surface area contributed by atoms with E-state index >= 15 is 0 Å². The van der Waals surface area contributed by atoms with Crippen molar-refractivity contribution >= 4 is 39.1 Å². The summed E-state index contributed by atoms with van der Waals surface area (Å²) < 4.78 is 29.0. The summed E-state index contributed by atoms with van der Waals surface area (Å²) in [6, 6.07) is 21.3. The lowest BCUT2D eigenvalue weighted by atomic mass is 10.1. The van der Waals surface area contributed by atoms with E-state index in [-0.39, 0.29) is 17.3 Å². The van der Waals surface area contributed by atoms with Gasteiger partial charge in [0.05, 0.1) is 10.6 Å². The van der Waals surface area contributed by atoms with Crippen LogP contribution in [0.4, 0.5) is 5.69 Å². The minimum atomic E-state index is -4.10. The Morgan fingerprint density at radius 1 is 0.923 bits per heavy atom. The van der Waals surface area contributed by atoms with E-state index in [1.54, 1.807) is 61.5 Å². The van der Waals surface area contributed by atoms with Crippen molar-refractivity contribution in [1.29, 1.82) is 0 Å². The van der Waals surface area contributed by atoms with Gasteiger partial charge < -0.3 is 10.2 Å². The SMILES string of the molecule is CCc1ccccc1N(CC(=O)N(Cc1ccc(Cl)cc1)C(C)C(=O)NC(C)(C)C)S(=O)(=O)c1ccccc1. The van der Waals surface area contributed by atoms with Crippen LogP contribution in [-0.2, 0) is 32.6 Å². The summed E-state index contributed by atoms with van der Waals surface area (Å²) in [4.78, 5) is 28.7. The van der Waals surface area contributed by atoms with Crippen molar-refractivity contribution in [2.75, 3.05) is 10.8 Å². The van der Waals surface area contributed by atoms with Crippen LogP contribution in [0.3, 0.4) is 0 Å². The predicted octanol–water partition coefficient (Wildman–Crippen LogP) is 5.43. The highest BCUT2D eigenvalue weighted by Crippen LogP contribution is 2.28. The second kappa shape index (κ2) is 12.7. The minimum absolute atomic E-state index is 0.0754. The fraction of sp³-hybridized carbons (Fsp3) is 0.333. The molecule has 39 heavy (non-hydrogen) atoms. The second-order valence-corrected chi connectivity index (χ2v) is 12.7. The third-order valence-corrected chi connectivity index (χ3v) is 8.21. The van der Waals surface area contributed by atoms with Crippen molar-refractivity contribution in [3.05, 3.63) is 95.0 Å². The fourth-order valence-electron chi connectivity index (χ4n) is 4.13. The molecule has 2 amide bonds. The number of sulfonamides is 1. The number of hydrogen-bond acceptors (Lipinski definition) is 4. The summed E-state index contributed by atoms with van der Waals surface area (Å²) in [5.41, 5.74) is 1.46. The lowest BCUT2D eigenvalue weighted by Gasteiger charge is -2.34. The lowest BCUT2D eigenvalue weighted by Crippen LogP contribution is -2.54. The number of carbonyl (C=O) groups is 2. The Hall–Kier alpha value is -3.36. The molecule has 1 unspecified atom stereocenters. The van der Waals surface area contributed by atoms with Gasteiger partial charge in [-0.15, -0.1) is 0 Å². The van der Waals surface area contributed by atoms with Gasteiger partial charge in [0.2, 0.25) is 11.8 Å². The van der Waals surface area contributed by atoms with Gasteiger partial charge in [0.25, 0.3) is 10.0 Å². The zero-order chi connectivity index (χ0) is 28.8. The number of para-hydroxylation sites is 1. The summed E-state index contributed by atoms with van der Waals surface area (Å²) in [7, 11) is -4.10. The van der Waals surface area contributed by atoms with Crippen LogP contribution in [0.25, 0.3) is 0 Å². The van der Waals surface area contributed by atoms with Crippen molar-refractivity contribution in [1.82, 2.24) is 10.2 Å². The Balaban J connectivity index is 2.06. The van der Waals surface area contributed by atoms with Gasteiger partial charge in [-0.1, -0.05) is 67.1 Å². The van der Waals surface area contributed by atoms with Gasteiger partial charge in [-0.25, -0.2) is 8.42 Å². The largest absolute Gasteiger partial charge is 0.350 e. The first kappa shape index (κ1) is 30.2. The number of rotatable bonds is 10. The van der Waals surface area contributed by atoms with E-state index in [9.17, 15) is 18.0 Å². The van der Waals surface area contributed by atoms with Crippen molar-refractivity contribution in [3.63, 3.8) is 0 Å². The monoisotopic (exact) mass is 569 g/mol. The number of halogens is 1. The summed E-state index contributed by atoms with van der Waals surface area (Å²) in [6.45, 7) is 8.78. The Morgan fingerprint density at radius 3 is 2.10 bits per heavy atom. The molecular weight excluding hydrogens is 534 g/mol. The maximum atomic E-state index is 14.0. The molecule has 0 radical (unpaired) electrons. The fourth-order valence-corrected chi connectivity index (χ4v) is 5.73. The van der Waals surface area contributed by atoms with Crippen LogP contribution < -0.4 is 9.62 Å². The van der Waals surface area contributed by atoms with E-state index in [4.69, 9.17) is 11.6 Å². The van der Waals surface area contributed by atoms with Crippen molar-refractivity contribution < 1.29 is 18.0 Å². The Kier molecular flexibility index (Phi) is 9.80. The van der Waals surface area contributed by atoms with E-state index in [0.717, 1.165) is 15.4 Å². The average molecular weight is 570 g/mol. The second-order valence-electron chi connectivity index (χ2n) is 10.4. The molecule has 9 heteroatoms. The average Bonchev–Trinajstić information content (AvgIpc) is 2.90. The molecule has 0 aliphatic rings. The zero-order valence-electron chi connectivity index (χ0n) is 23.0. The van der Waals surface area contributed by atoms with E-state index in [0.29, 0.717) is 17.1 Å². The van der Waals surface area contributed by atoms with E-state index in [1.165, 1.54) is 17.0 Å². The molecule has 0 aliphatic carbocycles. The highest BCUT2D eigenvalue weighted by Gasteiger charge is 2.33. The van der Waals surface area contributed by atoms with E-state index < -0.39 is 34.1 Å². The number of carbonyl (C=O) groups excluding carboxylic acids is 2. The minimum Gasteiger partial charge on any atom is -0.350 e. The molecule has 208 valence electrons. The van der Waals surface area contributed by atoms with Crippen LogP contribution in [0.1, 0.15) is 45.7 Å². The number of aryl methyl sites for hydroxylation is 1. The van der Waals surface area contributed by atoms with Gasteiger partial charge in [0.1, 0.15) is 12.6 Å². The van der Waals surface area contributed by atoms with Gasteiger partial charge in [-0.2, -0.15) is 0 Å². The highest BCUT2D eigenvalue weighted by atomic mass is 35.5. The van der Waals surface area contributed by atoms with E-state index in [1.807, 2.05) is 39.8 Å². The predicted molar refractivity (Wildman–Crippen MR) is 156 cm³/mol. The Labute approximate surface area is 236 Å². The van der Waals surface area contributed by atoms with Crippen molar-refractivity contribution in [2.45, 2.75) is 64.1 Å². The number of anilines is 1. The molecule has 7 nitrogen and oxygen atoms in total. The van der Waals surface area contributed by atoms with Gasteiger partial charge in [0.15, 0.2) is 0 Å². The summed E-state index contributed by atoms with van der Waals surface area (Å²) >= 11 is 6.05. The molecule has 0 fully saturated rings. The van der Waals surface area contributed by atoms with Crippen LogP contribution in [0.15, 0.2) is 83.8 Å². The topological polar surface area (TPSA) is 86.8 Å². The lowest BCUT2D eigenvalue weighted by molar-refractivity contribution is -0.140. The van der Waals surface area contributed by atoms with Gasteiger partial charge in [-0.3, -0.25) is 13.9 Å². The maximum absolute atomic E-state index is 14.0. The van der Waals surface area contributed by atoms with Crippen molar-refractivity contribution in [3.8, 4) is 0 Å². The summed E-state index contributed by atoms with van der Waals surface area (Å²) in [5, 5.41) is 3.47. The number of nitrogens with zero attached hydrogens (tertiary/aromatic N) is 2. The summed E-state index contributed by atoms with van der Waals surface area (Å²) in [5.74, 6) is -0.844. The molecule has 0 aliphatic heterocycles. The number of benzene rings is 3. The molecule has 3 rings (SSSR count). The first-order chi connectivity index (χ1) is 18.3. The zero-order valence-corrected chi connectivity index (χ0v) is 24.6. The van der Waals surface area contributed by atoms with Gasteiger partial charge in [-0.05, 0) is 75.6 Å². The van der Waals surface area contributed by atoms with Crippen LogP contribution in [0, 0.1) is 0 Å². The maximum Gasteiger partial charge on any atom is 0.264 e. The van der Waals surface area contributed by atoms with E-state index in [2.05, 4.69) is 5.32 Å². The first-order valence-corrected chi connectivity index (χ1v) is 14.7. The standard InChI is InChI=1S/C30H36ClN3O4S/c1-6-24-12-10-11-15-27(24)34(39(37,38)26-13-8-7-9-14-26)21-28(35)33(20-23-16-18-25(31)19-17-23)22(2)29(36)32-30(3,4)5/h7-19,22H,6,20-21H2,1-5H3,(H,32,36). The molecule has 1 atom stereocenters. The Morgan fingerprint density at radius 2 is 1.51 bits per heavy atom. The molecular formula is C30H36ClN3O4S. The number of hydrogen-bond donors (Lipinski definition) is 1. The normalized spacial score (nSPS) is 12.5. The highest BCUT2D eigenvalue weighted by molar-refractivity contribution is 7.92. The van der Waals surface area contributed by atoms with Crippen LogP contribution >= 0.6 is 11.6 Å². The van der Waals surface area contributed by atoms with Gasteiger partial charge in [0, 0.05) is 17.1 Å². The van der Waals surface area contributed by atoms with Crippen LogP contribution in [0.5, 0.6) is 0 Å². The quantitative estimate of drug-likeness (QED) is 0.353. The first-order valence-electron chi connectivity index (χ1n) is 12.8. The number of nitrogens with one attached hydrogen (secondary N) is 1. The summed E-state index contributed by atoms with van der Waals surface area (Å²) in [6.07, 6.45) is 0.573. The molecule has 0 spiro atoms. The third kappa shape index (κ3) is 7.83.